The zero-order valence-electron chi connectivity index (χ0n) is 8.41. The molecule has 0 fully saturated rings. The maximum absolute atomic E-state index is 13.1. The van der Waals surface area contributed by atoms with E-state index in [0.29, 0.717) is 5.82 Å². The second-order valence-corrected chi connectivity index (χ2v) is 3.34. The number of hydrogen-bond donors (Lipinski definition) is 2. The van der Waals surface area contributed by atoms with E-state index in [2.05, 4.69) is 5.10 Å². The number of benzene rings is 1. The molecule has 0 bridgehead atoms. The minimum absolute atomic E-state index is 0.103. The van der Waals surface area contributed by atoms with E-state index in [1.807, 2.05) is 0 Å². The van der Waals surface area contributed by atoms with Gasteiger partial charge in [-0.25, -0.2) is 4.39 Å². The number of nitrogens with two attached hydrogens (primary N) is 1. The summed E-state index contributed by atoms with van der Waals surface area (Å²) in [5, 5.41) is 13.4. The molecule has 6 heteroatoms. The number of halogens is 2. The average molecular weight is 225 g/mol. The van der Waals surface area contributed by atoms with Crippen molar-refractivity contribution in [2.75, 3.05) is 5.73 Å². The van der Waals surface area contributed by atoms with Crippen molar-refractivity contribution in [1.82, 2.24) is 9.78 Å². The Labute approximate surface area is 89.9 Å². The predicted octanol–water partition coefficient (Wildman–Crippen LogP) is 1.65. The van der Waals surface area contributed by atoms with E-state index in [9.17, 15) is 13.9 Å². The third kappa shape index (κ3) is 1.48. The van der Waals surface area contributed by atoms with Gasteiger partial charge in [-0.1, -0.05) is 0 Å². The average Bonchev–Trinajstić information content (AvgIpc) is 2.56. The number of anilines is 1. The first-order valence-corrected chi connectivity index (χ1v) is 4.47. The van der Waals surface area contributed by atoms with E-state index in [1.165, 1.54) is 16.8 Å². The monoisotopic (exact) mass is 225 g/mol. The molecule has 1 aromatic heterocycles. The molecule has 0 unspecified atom stereocenters. The second-order valence-electron chi connectivity index (χ2n) is 3.34. The first-order valence-electron chi connectivity index (χ1n) is 4.47. The summed E-state index contributed by atoms with van der Waals surface area (Å²) in [6, 6.07) is 3.64. The summed E-state index contributed by atoms with van der Waals surface area (Å²) >= 11 is 0. The van der Waals surface area contributed by atoms with Gasteiger partial charge in [-0.2, -0.15) is 9.49 Å². The van der Waals surface area contributed by atoms with Gasteiger partial charge in [0.25, 0.3) is 0 Å². The van der Waals surface area contributed by atoms with E-state index < -0.39 is 17.4 Å². The molecule has 0 amide bonds. The Bertz CT molecular complexity index is 532. The van der Waals surface area contributed by atoms with Crippen LogP contribution in [0.1, 0.15) is 0 Å². The summed E-state index contributed by atoms with van der Waals surface area (Å²) in [6.45, 7) is 0. The summed E-state index contributed by atoms with van der Waals surface area (Å²) in [5.74, 6) is -2.80. The second kappa shape index (κ2) is 3.48. The molecule has 1 heterocycles. The van der Waals surface area contributed by atoms with Gasteiger partial charge in [0, 0.05) is 18.7 Å². The summed E-state index contributed by atoms with van der Waals surface area (Å²) in [5.41, 5.74) is 5.94. The zero-order chi connectivity index (χ0) is 11.9. The summed E-state index contributed by atoms with van der Waals surface area (Å²) in [6.07, 6.45) is 0. The molecular weight excluding hydrogens is 216 g/mol. The van der Waals surface area contributed by atoms with Crippen molar-refractivity contribution < 1.29 is 13.9 Å². The molecule has 0 radical (unpaired) electrons. The van der Waals surface area contributed by atoms with Crippen LogP contribution in [0.3, 0.4) is 0 Å². The molecule has 84 valence electrons. The van der Waals surface area contributed by atoms with Crippen LogP contribution in [0.4, 0.5) is 14.6 Å². The lowest BCUT2D eigenvalue weighted by Crippen LogP contribution is -1.96. The standard InChI is InChI=1S/C10H9F2N3O/c1-15-8(13)4-7(14-15)5-2-3-6(11)9(12)10(5)16/h2-4,16H,13H2,1H3. The topological polar surface area (TPSA) is 64.1 Å². The van der Waals surface area contributed by atoms with Crippen molar-refractivity contribution in [2.45, 2.75) is 0 Å². The van der Waals surface area contributed by atoms with Crippen molar-refractivity contribution in [3.8, 4) is 17.0 Å². The van der Waals surface area contributed by atoms with Gasteiger partial charge in [-0.3, -0.25) is 4.68 Å². The minimum atomic E-state index is -1.29. The Morgan fingerprint density at radius 1 is 1.38 bits per heavy atom. The molecule has 3 N–H and O–H groups in total. The van der Waals surface area contributed by atoms with Gasteiger partial charge in [0.2, 0.25) is 5.82 Å². The number of phenolic OH excluding ortho intramolecular Hbond substituents is 1. The normalized spacial score (nSPS) is 10.7. The van der Waals surface area contributed by atoms with Crippen LogP contribution >= 0.6 is 0 Å². The summed E-state index contributed by atoms with van der Waals surface area (Å²) in [7, 11) is 1.61. The van der Waals surface area contributed by atoms with E-state index in [1.54, 1.807) is 7.05 Å². The highest BCUT2D eigenvalue weighted by atomic mass is 19.2. The Kier molecular flexibility index (Phi) is 2.26. The molecule has 0 saturated heterocycles. The largest absolute Gasteiger partial charge is 0.504 e. The van der Waals surface area contributed by atoms with Crippen molar-refractivity contribution in [3.63, 3.8) is 0 Å². The molecular formula is C10H9F2N3O. The Morgan fingerprint density at radius 2 is 2.06 bits per heavy atom. The lowest BCUT2D eigenvalue weighted by Gasteiger charge is -2.02. The Balaban J connectivity index is 2.61. The van der Waals surface area contributed by atoms with Crippen molar-refractivity contribution in [1.29, 1.82) is 0 Å². The van der Waals surface area contributed by atoms with Crippen LogP contribution in [0.15, 0.2) is 18.2 Å². The predicted molar refractivity (Wildman–Crippen MR) is 54.6 cm³/mol. The SMILES string of the molecule is Cn1nc(-c2ccc(F)c(F)c2O)cc1N. The molecule has 0 aliphatic rings. The molecule has 0 atom stereocenters. The van der Waals surface area contributed by atoms with Crippen LogP contribution in [-0.2, 0) is 7.05 Å². The molecule has 1 aromatic carbocycles. The van der Waals surface area contributed by atoms with E-state index >= 15 is 0 Å². The fraction of sp³-hybridized carbons (Fsp3) is 0.100. The number of nitrogens with zero attached hydrogens (tertiary/aromatic N) is 2. The first kappa shape index (κ1) is 10.4. The number of rotatable bonds is 1. The zero-order valence-corrected chi connectivity index (χ0v) is 8.41. The highest BCUT2D eigenvalue weighted by Gasteiger charge is 2.16. The van der Waals surface area contributed by atoms with Crippen LogP contribution < -0.4 is 5.73 Å². The highest BCUT2D eigenvalue weighted by Crippen LogP contribution is 2.32. The van der Waals surface area contributed by atoms with Gasteiger partial charge in [-0.15, -0.1) is 0 Å². The van der Waals surface area contributed by atoms with E-state index in [4.69, 9.17) is 5.73 Å². The van der Waals surface area contributed by atoms with E-state index in [-0.39, 0.29) is 11.3 Å². The lowest BCUT2D eigenvalue weighted by molar-refractivity contribution is 0.408. The maximum Gasteiger partial charge on any atom is 0.201 e. The van der Waals surface area contributed by atoms with Crippen LogP contribution in [0.2, 0.25) is 0 Å². The third-order valence-corrected chi connectivity index (χ3v) is 2.26. The summed E-state index contributed by atoms with van der Waals surface area (Å²) < 4.78 is 27.2. The smallest absolute Gasteiger partial charge is 0.201 e. The van der Waals surface area contributed by atoms with Crippen LogP contribution in [-0.4, -0.2) is 14.9 Å². The quantitative estimate of drug-likeness (QED) is 0.775. The van der Waals surface area contributed by atoms with Crippen molar-refractivity contribution >= 4 is 5.82 Å². The Morgan fingerprint density at radius 3 is 2.62 bits per heavy atom. The fourth-order valence-corrected chi connectivity index (χ4v) is 1.36. The molecule has 0 saturated carbocycles. The van der Waals surface area contributed by atoms with Crippen molar-refractivity contribution in [2.24, 2.45) is 7.05 Å². The van der Waals surface area contributed by atoms with Crippen LogP contribution in [0.25, 0.3) is 11.3 Å². The van der Waals surface area contributed by atoms with Gasteiger partial charge < -0.3 is 10.8 Å². The van der Waals surface area contributed by atoms with Gasteiger partial charge in [0.05, 0.1) is 5.69 Å². The van der Waals surface area contributed by atoms with Gasteiger partial charge in [-0.05, 0) is 12.1 Å². The molecule has 2 aromatic rings. The lowest BCUT2D eigenvalue weighted by atomic mass is 10.1. The molecule has 0 aliphatic carbocycles. The number of hydrogen-bond acceptors (Lipinski definition) is 3. The molecule has 4 nitrogen and oxygen atoms in total. The van der Waals surface area contributed by atoms with Gasteiger partial charge >= 0.3 is 0 Å². The van der Waals surface area contributed by atoms with Crippen molar-refractivity contribution in [3.05, 3.63) is 29.8 Å². The maximum atomic E-state index is 13.1. The molecule has 0 aliphatic heterocycles. The van der Waals surface area contributed by atoms with E-state index in [0.717, 1.165) is 6.07 Å². The van der Waals surface area contributed by atoms with Crippen LogP contribution in [0.5, 0.6) is 5.75 Å². The fourth-order valence-electron chi connectivity index (χ4n) is 1.36. The Hall–Kier alpha value is -2.11. The van der Waals surface area contributed by atoms with Gasteiger partial charge in [0.1, 0.15) is 5.82 Å². The molecule has 16 heavy (non-hydrogen) atoms. The number of aryl methyl sites for hydroxylation is 1. The van der Waals surface area contributed by atoms with Gasteiger partial charge in [0.15, 0.2) is 11.6 Å². The molecule has 2 rings (SSSR count). The molecule has 0 spiro atoms. The minimum Gasteiger partial charge on any atom is -0.504 e. The first-order chi connectivity index (χ1) is 7.50. The number of nitrogen functional groups attached to an aromatic ring is 1. The van der Waals surface area contributed by atoms with Crippen LogP contribution in [0, 0.1) is 11.6 Å². The highest BCUT2D eigenvalue weighted by molar-refractivity contribution is 5.69. The number of phenols is 1. The number of aromatic hydroxyl groups is 1. The third-order valence-electron chi connectivity index (χ3n) is 2.26. The summed E-state index contributed by atoms with van der Waals surface area (Å²) in [4.78, 5) is 0. The number of aromatic nitrogens is 2.